The molecule has 17 heteroatoms. The fourth-order valence-corrected chi connectivity index (χ4v) is 13.5. The van der Waals surface area contributed by atoms with Crippen LogP contribution in [0.25, 0.3) is 0 Å². The smallest absolute Gasteiger partial charge is 0.409 e. The molecule has 0 unspecified atom stereocenters. The van der Waals surface area contributed by atoms with Gasteiger partial charge >= 0.3 is 12.1 Å². The van der Waals surface area contributed by atoms with Gasteiger partial charge in [0.25, 0.3) is 0 Å². The average molecular weight is 1090 g/mol. The lowest BCUT2D eigenvalue weighted by molar-refractivity contribution is -0.162. The molecule has 1 aromatic carbocycles. The van der Waals surface area contributed by atoms with Crippen molar-refractivity contribution in [3.05, 3.63) is 46.5 Å². The Morgan fingerprint density at radius 3 is 2.19 bits per heavy atom. The molecule has 1 saturated carbocycles. The monoisotopic (exact) mass is 1090 g/mol. The third-order valence-electron chi connectivity index (χ3n) is 15.7. The van der Waals surface area contributed by atoms with Crippen LogP contribution in [0.1, 0.15) is 176 Å². The number of rotatable bonds is 14. The summed E-state index contributed by atoms with van der Waals surface area (Å²) in [6.07, 6.45) is 21.0. The van der Waals surface area contributed by atoms with Crippen LogP contribution in [0, 0.1) is 11.8 Å². The number of epoxide rings is 1. The summed E-state index contributed by atoms with van der Waals surface area (Å²) in [5.41, 5.74) is -0.966. The van der Waals surface area contributed by atoms with Crippen molar-refractivity contribution in [1.29, 1.82) is 0 Å². The molecule has 2 saturated heterocycles. The summed E-state index contributed by atoms with van der Waals surface area (Å²) < 4.78 is 29.5. The number of halogens is 1. The number of allylic oxidation sites excluding steroid dienone is 3. The molecule has 3 heterocycles. The maximum absolute atomic E-state index is 14.4. The summed E-state index contributed by atoms with van der Waals surface area (Å²) in [5.74, 6) is -0.526. The Balaban J connectivity index is 1.23. The number of nitrogens with zero attached hydrogens (tertiary/aromatic N) is 2. The van der Waals surface area contributed by atoms with Gasteiger partial charge in [-0.15, -0.1) is 0 Å². The molecule has 4 aliphatic rings. The molecular formula is C57H88ClN3O11S2. The summed E-state index contributed by atoms with van der Waals surface area (Å²) in [5, 5.41) is 14.6. The second-order valence-electron chi connectivity index (χ2n) is 22.2. The molecule has 74 heavy (non-hydrogen) atoms. The maximum Gasteiger partial charge on any atom is 0.409 e. The molecule has 3 aliphatic heterocycles. The number of hydrogen-bond acceptors (Lipinski definition) is 13. The first-order chi connectivity index (χ1) is 35.1. The molecule has 3 fully saturated rings. The number of methoxy groups -OCH3 is 2. The highest BCUT2D eigenvalue weighted by Crippen LogP contribution is 2.49. The summed E-state index contributed by atoms with van der Waals surface area (Å²) in [7, 11) is 9.38. The van der Waals surface area contributed by atoms with Gasteiger partial charge in [-0.05, 0) is 78.0 Å². The van der Waals surface area contributed by atoms with Gasteiger partial charge in [0.1, 0.15) is 46.5 Å². The van der Waals surface area contributed by atoms with Gasteiger partial charge in [0.15, 0.2) is 5.72 Å². The molecule has 5 rings (SSSR count). The minimum Gasteiger partial charge on any atom is -0.495 e. The van der Waals surface area contributed by atoms with E-state index in [0.717, 1.165) is 43.2 Å². The molecule has 1 aliphatic carbocycles. The highest BCUT2D eigenvalue weighted by molar-refractivity contribution is 8.77. The highest BCUT2D eigenvalue weighted by Gasteiger charge is 2.64. The number of hydrogen-bond donors (Lipinski definition) is 2. The molecule has 3 amide bonds. The van der Waals surface area contributed by atoms with Gasteiger partial charge in [0.05, 0.1) is 25.3 Å². The molecule has 1 aromatic rings. The van der Waals surface area contributed by atoms with Crippen LogP contribution in [0.3, 0.4) is 0 Å². The molecule has 8 atom stereocenters. The number of nitrogens with one attached hydrogen (secondary N) is 1. The van der Waals surface area contributed by atoms with Gasteiger partial charge in [-0.25, -0.2) is 9.59 Å². The van der Waals surface area contributed by atoms with E-state index in [1.54, 1.807) is 67.7 Å². The highest BCUT2D eigenvalue weighted by atomic mass is 35.5. The zero-order valence-corrected chi connectivity index (χ0v) is 48.5. The van der Waals surface area contributed by atoms with Gasteiger partial charge < -0.3 is 38.6 Å². The molecule has 416 valence electrons. The summed E-state index contributed by atoms with van der Waals surface area (Å²) >= 11 is 6.85. The number of fused-ring (bicyclic) bond motifs is 5. The number of ketones is 1. The van der Waals surface area contributed by atoms with Crippen molar-refractivity contribution in [1.82, 2.24) is 10.2 Å². The van der Waals surface area contributed by atoms with Gasteiger partial charge in [-0.2, -0.15) is 0 Å². The van der Waals surface area contributed by atoms with Crippen LogP contribution >= 0.6 is 33.2 Å². The normalized spacial score (nSPS) is 29.1. The number of amides is 3. The predicted octanol–water partition coefficient (Wildman–Crippen LogP) is 11.9. The number of benzene rings is 1. The number of carbonyl (C=O) groups is 5. The Kier molecular flexibility index (Phi) is 24.1. The summed E-state index contributed by atoms with van der Waals surface area (Å²) in [6.45, 7) is 11.4. The fraction of sp³-hybridized carbons (Fsp3) is 0.737. The van der Waals surface area contributed by atoms with Crippen LogP contribution in [0.5, 0.6) is 5.75 Å². The Morgan fingerprint density at radius 1 is 0.986 bits per heavy atom. The number of Topliss-reactive ketones (excluding diaryl/α,β-unsaturated/α-hetero) is 1. The zero-order valence-electron chi connectivity index (χ0n) is 46.1. The van der Waals surface area contributed by atoms with E-state index in [4.69, 9.17) is 35.3 Å². The number of alkyl carbamates (subject to hydrolysis) is 1. The van der Waals surface area contributed by atoms with Crippen molar-refractivity contribution < 1.29 is 52.8 Å². The second-order valence-corrected chi connectivity index (χ2v) is 25.7. The summed E-state index contributed by atoms with van der Waals surface area (Å²) in [4.78, 5) is 71.7. The fourth-order valence-electron chi connectivity index (χ4n) is 10.6. The van der Waals surface area contributed by atoms with E-state index in [-0.39, 0.29) is 40.9 Å². The van der Waals surface area contributed by atoms with E-state index in [2.05, 4.69) is 19.2 Å². The van der Waals surface area contributed by atoms with Crippen molar-refractivity contribution in [3.63, 3.8) is 0 Å². The van der Waals surface area contributed by atoms with Crippen molar-refractivity contribution in [2.24, 2.45) is 11.8 Å². The average Bonchev–Trinajstić information content (AvgIpc) is 4.06. The minimum absolute atomic E-state index is 0.0596. The standard InChI is InChI=1S/C57H88ClN3O11S2/c1-38-25-24-28-47(69-10)57(67)37-46(70-54(66)59-57)39(2)52-56(6,72-52)48(36-50(64)61(8)43-34-41(33-38)35-45(68-9)51(43)58)71-53(65)40(3)60(7)49(63)30-32-73-74-55(4,5)31-29-44(62)42-26-22-20-18-16-14-12-11-13-15-17-19-21-23-27-42/h24-25,28,34-35,39-40,42,46-48,52,67H,11-23,26-27,29-33,36-37H2,1-10H3,(H,59,66)/b28-24+,38-25+/t39-,40+,46+,47-,48+,52+,56+,57+/m0/s1. The number of carbonyl (C=O) groups excluding carboxylic acids is 5. The Labute approximate surface area is 455 Å². The van der Waals surface area contributed by atoms with Crippen LogP contribution in [-0.4, -0.2) is 120 Å². The number of likely N-dealkylation sites (N-methyl/N-ethyl adjacent to an activating group) is 1. The Bertz CT molecular complexity index is 2110. The lowest BCUT2D eigenvalue weighted by Crippen LogP contribution is -2.63. The van der Waals surface area contributed by atoms with Crippen molar-refractivity contribution >= 4 is 68.5 Å². The SMILES string of the molecule is COc1cc2cc(c1Cl)N(C)C(=O)C[C@@H](OC(=O)[C@@H](C)N(C)C(=O)CCSSC(C)(C)CCC(=O)C1CCCCCCCCCCCCCCC1)[C@@]1(C)O[C@@H]1[C@@H](C)[C@H]1C[C@](O)(NC(=O)O1)[C@@H](OC)/C=C/C=C(\C)C2. The van der Waals surface area contributed by atoms with Crippen molar-refractivity contribution in [3.8, 4) is 5.75 Å². The number of esters is 1. The quantitative estimate of drug-likeness (QED) is 0.0780. The lowest BCUT2D eigenvalue weighted by Gasteiger charge is -2.42. The minimum atomic E-state index is -1.84. The van der Waals surface area contributed by atoms with Gasteiger partial charge in [0.2, 0.25) is 11.8 Å². The molecule has 4 bridgehead atoms. The van der Waals surface area contributed by atoms with Crippen LogP contribution in [0.2, 0.25) is 5.02 Å². The van der Waals surface area contributed by atoms with E-state index < -0.39 is 65.7 Å². The number of aliphatic hydroxyl groups is 1. The van der Waals surface area contributed by atoms with E-state index in [1.165, 1.54) is 94.6 Å². The first kappa shape index (κ1) is 61.6. The van der Waals surface area contributed by atoms with E-state index >= 15 is 0 Å². The Hall–Kier alpha value is -3.28. The van der Waals surface area contributed by atoms with Crippen LogP contribution in [-0.2, 0) is 44.5 Å². The van der Waals surface area contributed by atoms with Crippen molar-refractivity contribution in [2.45, 2.75) is 223 Å². The van der Waals surface area contributed by atoms with E-state index in [9.17, 15) is 29.1 Å². The maximum atomic E-state index is 14.4. The second kappa shape index (κ2) is 28.9. The molecule has 0 radical (unpaired) electrons. The topological polar surface area (TPSA) is 174 Å². The molecule has 2 N–H and O–H groups in total. The summed E-state index contributed by atoms with van der Waals surface area (Å²) in [6, 6.07) is 2.59. The third kappa shape index (κ3) is 17.6. The first-order valence-corrected chi connectivity index (χ1v) is 30.0. The van der Waals surface area contributed by atoms with Crippen LogP contribution in [0.15, 0.2) is 35.9 Å². The zero-order chi connectivity index (χ0) is 54.2. The lowest BCUT2D eigenvalue weighted by atomic mass is 9.83. The molecule has 14 nitrogen and oxygen atoms in total. The molecule has 0 aromatic heterocycles. The molecular weight excluding hydrogens is 1000 g/mol. The largest absolute Gasteiger partial charge is 0.495 e. The van der Waals surface area contributed by atoms with Crippen LogP contribution < -0.4 is 15.0 Å². The van der Waals surface area contributed by atoms with Gasteiger partial charge in [-0.3, -0.25) is 19.7 Å². The van der Waals surface area contributed by atoms with Gasteiger partial charge in [-0.1, -0.05) is 147 Å². The van der Waals surface area contributed by atoms with E-state index in [0.29, 0.717) is 35.8 Å². The first-order valence-electron chi connectivity index (χ1n) is 27.3. The number of anilines is 1. The number of ether oxygens (including phenoxy) is 5. The molecule has 0 spiro atoms. The third-order valence-corrected chi connectivity index (χ3v) is 19.5. The Morgan fingerprint density at radius 2 is 1.59 bits per heavy atom. The predicted molar refractivity (Wildman–Crippen MR) is 297 cm³/mol. The van der Waals surface area contributed by atoms with Gasteiger partial charge in [0, 0.05) is 62.8 Å². The van der Waals surface area contributed by atoms with Crippen molar-refractivity contribution in [2.75, 3.05) is 39.0 Å². The van der Waals surface area contributed by atoms with Crippen LogP contribution in [0.4, 0.5) is 10.5 Å². The van der Waals surface area contributed by atoms with E-state index in [1.807, 2.05) is 26.0 Å².